The Labute approximate surface area is 123 Å². The van der Waals surface area contributed by atoms with E-state index < -0.39 is 0 Å². The molecule has 0 aliphatic rings. The van der Waals surface area contributed by atoms with Crippen LogP contribution in [0.2, 0.25) is 0 Å². The number of nitriles is 3. The van der Waals surface area contributed by atoms with Crippen molar-refractivity contribution in [2.75, 3.05) is 0 Å². The minimum Gasteiger partial charge on any atom is -0.696 e. The molecule has 0 unspecified atom stereocenters. The van der Waals surface area contributed by atoms with Crippen molar-refractivity contribution in [2.24, 2.45) is 0 Å². The van der Waals surface area contributed by atoms with Crippen LogP contribution in [0, 0.1) is 32.0 Å². The molecule has 9 nitrogen and oxygen atoms in total. The summed E-state index contributed by atoms with van der Waals surface area (Å²) in [7, 11) is 0. The van der Waals surface area contributed by atoms with Crippen LogP contribution in [0.5, 0.6) is 0 Å². The molecule has 0 heterocycles. The molecule has 0 aromatic carbocycles. The van der Waals surface area contributed by atoms with Crippen molar-refractivity contribution in [3.63, 3.8) is 0 Å². The topological polar surface area (TPSA) is 281 Å². The minimum atomic E-state index is 0. The number of hydrogen-bond acceptors (Lipinski definition) is 12. The van der Waals surface area contributed by atoms with E-state index in [0.29, 0.717) is 0 Å². The largest absolute Gasteiger partial charge is 3.00 e. The Kier molecular flexibility index (Phi) is 3080. The second-order valence-corrected chi connectivity index (χ2v) is 0.822. The van der Waals surface area contributed by atoms with Crippen molar-refractivity contribution >= 4 is 37.9 Å². The molecule has 102 valence electrons. The summed E-state index contributed by atoms with van der Waals surface area (Å²) in [5, 5.41) is 25.4. The van der Waals surface area contributed by atoms with E-state index in [2.05, 4.69) is 37.9 Å². The van der Waals surface area contributed by atoms with E-state index in [1.807, 2.05) is 0 Å². The van der Waals surface area contributed by atoms with Gasteiger partial charge in [-0.25, -0.2) is 15.8 Å². The van der Waals surface area contributed by atoms with Crippen LogP contribution in [0.1, 0.15) is 0 Å². The third-order valence-electron chi connectivity index (χ3n) is 0. The second kappa shape index (κ2) is 450. The fraction of sp³-hybridized carbons (Fsp3) is 0. The van der Waals surface area contributed by atoms with Crippen molar-refractivity contribution in [3.8, 4) is 16.2 Å². The van der Waals surface area contributed by atoms with Crippen molar-refractivity contribution in [1.82, 2.24) is 36.9 Å². The molecule has 13 heteroatoms. The van der Waals surface area contributed by atoms with Gasteiger partial charge in [0.25, 0.3) is 0 Å². The first-order valence-corrected chi connectivity index (χ1v) is 2.51. The molecule has 0 aliphatic carbocycles. The quantitative estimate of drug-likeness (QED) is 0.267. The summed E-state index contributed by atoms with van der Waals surface area (Å²) < 4.78 is 0. The summed E-state index contributed by atoms with van der Waals surface area (Å²) in [5.41, 5.74) is 0. The average molecular weight is 335 g/mol. The molecule has 0 aliphatic heterocycles. The number of hydrogen-bond donors (Lipinski definition) is 6. The zero-order valence-electron chi connectivity index (χ0n) is 8.64. The van der Waals surface area contributed by atoms with Crippen LogP contribution in [-0.2, 0) is 54.7 Å². The summed E-state index contributed by atoms with van der Waals surface area (Å²) in [6.45, 7) is 0. The summed E-state index contributed by atoms with van der Waals surface area (Å²) in [6, 6.07) is 0. The Balaban J connectivity index is -0.00000000346. The van der Waals surface area contributed by atoms with Crippen LogP contribution in [0.4, 0.5) is 0 Å². The molecule has 0 aromatic heterocycles. The van der Waals surface area contributed by atoms with Gasteiger partial charge in [-0.3, -0.25) is 0 Å². The zero-order valence-corrected chi connectivity index (χ0v) is 12.1. The maximum Gasteiger partial charge on any atom is 3.00 e. The molecular formula is C3H18CoN9S3. The first-order valence-electron chi connectivity index (χ1n) is 1.28. The van der Waals surface area contributed by atoms with Gasteiger partial charge in [0, 0.05) is 0 Å². The summed E-state index contributed by atoms with van der Waals surface area (Å²) >= 11 is 11.1. The molecule has 16 heavy (non-hydrogen) atoms. The van der Waals surface area contributed by atoms with Crippen LogP contribution in [0.3, 0.4) is 0 Å². The molecule has 0 atom stereocenters. The van der Waals surface area contributed by atoms with Gasteiger partial charge in [-0.2, -0.15) is 0 Å². The van der Waals surface area contributed by atoms with Crippen LogP contribution in [-0.4, -0.2) is 0 Å². The van der Waals surface area contributed by atoms with Crippen LogP contribution >= 0.6 is 0 Å². The van der Waals surface area contributed by atoms with E-state index in [4.69, 9.17) is 15.8 Å². The van der Waals surface area contributed by atoms with Crippen LogP contribution in [0.15, 0.2) is 0 Å². The van der Waals surface area contributed by atoms with E-state index in [-0.39, 0.29) is 53.7 Å². The number of rotatable bonds is 0. The average Bonchev–Trinajstić information content (AvgIpc) is 1.70. The minimum absolute atomic E-state index is 0. The second-order valence-electron chi connectivity index (χ2n) is 0.274. The van der Waals surface area contributed by atoms with Gasteiger partial charge < -0.3 is 74.8 Å². The molecule has 0 radical (unpaired) electrons. The summed E-state index contributed by atoms with van der Waals surface area (Å²) in [5.74, 6) is 0. The fourth-order valence-corrected chi connectivity index (χ4v) is 0. The molecule has 0 fully saturated rings. The van der Waals surface area contributed by atoms with Crippen molar-refractivity contribution < 1.29 is 16.8 Å². The first-order chi connectivity index (χ1) is 4.24. The SMILES string of the molecule is N.N.N.N.N.N.N#C[S-].N#C[S-].N#C[S-].[Co+3]. The molecule has 0 saturated carbocycles. The van der Waals surface area contributed by atoms with Gasteiger partial charge in [0.1, 0.15) is 0 Å². The number of thiocyanates is 3. The van der Waals surface area contributed by atoms with E-state index in [9.17, 15) is 0 Å². The monoisotopic (exact) mass is 335 g/mol. The standard InChI is InChI=1S/3CHNS.Co.6H3N/c3*2-1-3;;;;;;;/h3*3H;;6*1H3/q;;;+3;;;;;;/p-3. The normalized spacial score (nSPS) is 1.31. The first kappa shape index (κ1) is 110. The maximum absolute atomic E-state index is 7.13. The fourth-order valence-electron chi connectivity index (χ4n) is 0. The molecule has 0 amide bonds. The molecule has 18 N–H and O–H groups in total. The Hall–Kier alpha value is -0.604. The van der Waals surface area contributed by atoms with Crippen molar-refractivity contribution in [3.05, 3.63) is 0 Å². The van der Waals surface area contributed by atoms with E-state index in [1.165, 1.54) is 16.2 Å². The predicted molar refractivity (Wildman–Crippen MR) is 69.1 cm³/mol. The Morgan fingerprint density at radius 1 is 0.500 bits per heavy atom. The number of nitrogens with zero attached hydrogens (tertiary/aromatic N) is 3. The van der Waals surface area contributed by atoms with Gasteiger partial charge in [-0.1, -0.05) is 16.2 Å². The molecule has 0 aromatic rings. The third kappa shape index (κ3) is 5650. The maximum atomic E-state index is 7.13. The van der Waals surface area contributed by atoms with Crippen LogP contribution in [0.25, 0.3) is 0 Å². The summed E-state index contributed by atoms with van der Waals surface area (Å²) in [6.07, 6.45) is 0. The van der Waals surface area contributed by atoms with Crippen molar-refractivity contribution in [2.45, 2.75) is 0 Å². The van der Waals surface area contributed by atoms with Gasteiger partial charge >= 0.3 is 16.8 Å². The van der Waals surface area contributed by atoms with E-state index in [0.717, 1.165) is 0 Å². The summed E-state index contributed by atoms with van der Waals surface area (Å²) in [4.78, 5) is 0. The van der Waals surface area contributed by atoms with E-state index in [1.54, 1.807) is 0 Å². The Bertz CT molecular complexity index is 119. The third-order valence-corrected chi connectivity index (χ3v) is 0. The van der Waals surface area contributed by atoms with Gasteiger partial charge in [0.15, 0.2) is 0 Å². The van der Waals surface area contributed by atoms with E-state index >= 15 is 0 Å². The van der Waals surface area contributed by atoms with Gasteiger partial charge in [0.05, 0.1) is 0 Å². The molecule has 0 rings (SSSR count). The zero-order chi connectivity index (χ0) is 8.12. The Morgan fingerprint density at radius 2 is 0.500 bits per heavy atom. The molecular weight excluding hydrogens is 317 g/mol. The van der Waals surface area contributed by atoms with Crippen molar-refractivity contribution in [1.29, 1.82) is 15.8 Å². The predicted octanol–water partition coefficient (Wildman–Crippen LogP) is 1.01. The molecule has 0 spiro atoms. The molecule has 0 saturated heterocycles. The molecule has 0 bridgehead atoms. The van der Waals surface area contributed by atoms with Gasteiger partial charge in [-0.15, -0.1) is 0 Å². The smallest absolute Gasteiger partial charge is 0.696 e. The van der Waals surface area contributed by atoms with Crippen LogP contribution < -0.4 is 36.9 Å². The van der Waals surface area contributed by atoms with Gasteiger partial charge in [-0.05, 0) is 0 Å². The Morgan fingerprint density at radius 3 is 0.500 bits per heavy atom. The van der Waals surface area contributed by atoms with Gasteiger partial charge in [0.2, 0.25) is 0 Å².